The van der Waals surface area contributed by atoms with E-state index in [0.29, 0.717) is 39.3 Å². The van der Waals surface area contributed by atoms with Gasteiger partial charge in [-0.05, 0) is 38.5 Å². The maximum absolute atomic E-state index is 12.8. The lowest BCUT2D eigenvalue weighted by Crippen LogP contribution is -2.49. The Labute approximate surface area is 227 Å². The molecule has 0 saturated heterocycles. The summed E-state index contributed by atoms with van der Waals surface area (Å²) in [5.41, 5.74) is 0. The predicted molar refractivity (Wildman–Crippen MR) is 145 cm³/mol. The number of amides is 4. The minimum atomic E-state index is -0.375. The highest BCUT2D eigenvalue weighted by atomic mass is 16.5. The van der Waals surface area contributed by atoms with Crippen LogP contribution < -0.4 is 10.6 Å². The third-order valence-electron chi connectivity index (χ3n) is 6.01. The zero-order chi connectivity index (χ0) is 27.9. The summed E-state index contributed by atoms with van der Waals surface area (Å²) >= 11 is 0. The number of carbonyl (C=O) groups excluding carboxylic acids is 4. The van der Waals surface area contributed by atoms with Crippen LogP contribution in [0.3, 0.4) is 0 Å². The van der Waals surface area contributed by atoms with Crippen molar-refractivity contribution in [1.82, 2.24) is 15.5 Å². The van der Waals surface area contributed by atoms with Crippen molar-refractivity contribution in [3.05, 3.63) is 0 Å². The van der Waals surface area contributed by atoms with Gasteiger partial charge in [0.15, 0.2) is 0 Å². The van der Waals surface area contributed by atoms with Crippen LogP contribution in [0.1, 0.15) is 103 Å². The van der Waals surface area contributed by atoms with Gasteiger partial charge in [-0.1, -0.05) is 64.2 Å². The van der Waals surface area contributed by atoms with Crippen LogP contribution in [0.25, 0.3) is 0 Å². The highest BCUT2D eigenvalue weighted by Gasteiger charge is 2.20. The summed E-state index contributed by atoms with van der Waals surface area (Å²) in [5.74, 6) is 0. The molecule has 0 heterocycles. The quantitative estimate of drug-likeness (QED) is 0.0717. The van der Waals surface area contributed by atoms with Gasteiger partial charge in [-0.15, -0.1) is 0 Å². The van der Waals surface area contributed by atoms with E-state index in [1.165, 1.54) is 11.0 Å². The van der Waals surface area contributed by atoms with Crippen molar-refractivity contribution in [2.24, 2.45) is 9.98 Å². The van der Waals surface area contributed by atoms with Gasteiger partial charge < -0.3 is 15.4 Å². The van der Waals surface area contributed by atoms with Crippen molar-refractivity contribution in [3.63, 3.8) is 0 Å². The van der Waals surface area contributed by atoms with Gasteiger partial charge in [-0.3, -0.25) is 0 Å². The van der Waals surface area contributed by atoms with Crippen LogP contribution in [0.15, 0.2) is 9.98 Å². The summed E-state index contributed by atoms with van der Waals surface area (Å²) in [5, 5.41) is 14.1. The van der Waals surface area contributed by atoms with Gasteiger partial charge in [0.05, 0.1) is 13.1 Å². The number of isocyanates is 2. The molecule has 0 fully saturated rings. The second-order valence-corrected chi connectivity index (χ2v) is 9.16. The van der Waals surface area contributed by atoms with Gasteiger partial charge in [-0.2, -0.15) is 5.26 Å². The minimum Gasteiger partial charge on any atom is -0.428 e. The Hall–Kier alpha value is -3.21. The molecule has 2 N–H and O–H groups in total. The van der Waals surface area contributed by atoms with E-state index >= 15 is 0 Å². The molecule has 0 spiro atoms. The molecular formula is C27H46N6O5. The summed E-state index contributed by atoms with van der Waals surface area (Å²) in [6.07, 6.45) is 19.5. The first-order valence-electron chi connectivity index (χ1n) is 14.1. The van der Waals surface area contributed by atoms with Gasteiger partial charge in [0.25, 0.3) is 6.26 Å². The van der Waals surface area contributed by atoms with Crippen LogP contribution in [-0.2, 0) is 14.3 Å². The number of nitrogens with one attached hydrogen (secondary N) is 2. The number of carbonyl (C=O) groups is 2. The molecule has 0 unspecified atom stereocenters. The first-order chi connectivity index (χ1) is 18.7. The second kappa shape index (κ2) is 28.4. The molecule has 0 atom stereocenters. The Morgan fingerprint density at radius 2 is 1.05 bits per heavy atom. The molecule has 4 amide bonds. The van der Waals surface area contributed by atoms with Gasteiger partial charge >= 0.3 is 12.1 Å². The van der Waals surface area contributed by atoms with Crippen LogP contribution in [0.4, 0.5) is 9.59 Å². The topological polar surface area (TPSA) is 153 Å². The summed E-state index contributed by atoms with van der Waals surface area (Å²) in [6.45, 7) is 2.84. The van der Waals surface area contributed by atoms with Crippen molar-refractivity contribution >= 4 is 24.2 Å². The van der Waals surface area contributed by atoms with Crippen LogP contribution in [-0.4, -0.2) is 68.5 Å². The van der Waals surface area contributed by atoms with Crippen molar-refractivity contribution in [2.75, 3.05) is 39.3 Å². The smallest absolute Gasteiger partial charge is 0.325 e. The first kappa shape index (κ1) is 34.8. The first-order valence-corrected chi connectivity index (χ1v) is 14.1. The molecule has 0 saturated carbocycles. The Bertz CT molecular complexity index is 745. The lowest BCUT2D eigenvalue weighted by Gasteiger charge is -2.22. The van der Waals surface area contributed by atoms with Crippen molar-refractivity contribution < 1.29 is 23.9 Å². The summed E-state index contributed by atoms with van der Waals surface area (Å²) in [7, 11) is 0. The average Bonchev–Trinajstić information content (AvgIpc) is 2.92. The largest absolute Gasteiger partial charge is 0.428 e. The zero-order valence-corrected chi connectivity index (χ0v) is 22.9. The van der Waals surface area contributed by atoms with Gasteiger partial charge in [-0.25, -0.2) is 34.1 Å². The highest BCUT2D eigenvalue weighted by Crippen LogP contribution is 2.08. The fourth-order valence-corrected chi connectivity index (χ4v) is 3.86. The number of nitriles is 1. The molecule has 0 aromatic rings. The third-order valence-corrected chi connectivity index (χ3v) is 6.01. The van der Waals surface area contributed by atoms with E-state index in [1.807, 2.05) is 0 Å². The predicted octanol–water partition coefficient (Wildman–Crippen LogP) is 5.12. The second-order valence-electron chi connectivity index (χ2n) is 9.16. The number of nitrogens with zero attached hydrogens (tertiary/aromatic N) is 4. The Balaban J connectivity index is 4.30. The number of ether oxygens (including phenoxy) is 1. The summed E-state index contributed by atoms with van der Waals surface area (Å²) < 4.78 is 4.67. The third kappa shape index (κ3) is 23.2. The average molecular weight is 535 g/mol. The molecule has 0 radical (unpaired) electrons. The number of unbranched alkanes of at least 4 members (excludes halogenated alkanes) is 13. The monoisotopic (exact) mass is 534 g/mol. The van der Waals surface area contributed by atoms with E-state index in [4.69, 9.17) is 5.26 Å². The number of hydrogen-bond donors (Lipinski definition) is 2. The molecule has 0 aromatic heterocycles. The molecule has 11 nitrogen and oxygen atoms in total. The van der Waals surface area contributed by atoms with E-state index in [-0.39, 0.29) is 12.1 Å². The van der Waals surface area contributed by atoms with Crippen molar-refractivity contribution in [2.45, 2.75) is 103 Å². The number of rotatable bonds is 25. The Kier molecular flexibility index (Phi) is 26.0. The fraction of sp³-hybridized carbons (Fsp3) is 0.815. The Morgan fingerprint density at radius 1 is 0.632 bits per heavy atom. The van der Waals surface area contributed by atoms with Gasteiger partial charge in [0.1, 0.15) is 6.61 Å². The number of imide groups is 1. The summed E-state index contributed by atoms with van der Waals surface area (Å²) in [6, 6.07) is -0.741. The maximum atomic E-state index is 12.8. The van der Waals surface area contributed by atoms with E-state index in [0.717, 1.165) is 103 Å². The zero-order valence-electron chi connectivity index (χ0n) is 22.9. The van der Waals surface area contributed by atoms with Crippen LogP contribution in [0.2, 0.25) is 0 Å². The van der Waals surface area contributed by atoms with Crippen LogP contribution in [0.5, 0.6) is 0 Å². The Morgan fingerprint density at radius 3 is 1.53 bits per heavy atom. The van der Waals surface area contributed by atoms with E-state index < -0.39 is 0 Å². The summed E-state index contributed by atoms with van der Waals surface area (Å²) in [4.78, 5) is 53.9. The van der Waals surface area contributed by atoms with Crippen molar-refractivity contribution in [3.8, 4) is 6.26 Å². The standard InChI is InChI=1S/C27H46N6O5/c28-23-38-22-16-10-4-3-9-15-21-33(27(37)32-20-14-8-7-12-18-30-25-35)26(36)31-19-13-6-2-1-5-11-17-29-24-34/h1-22H2,(H,31,36)(H,32,37). The van der Waals surface area contributed by atoms with Gasteiger partial charge in [0, 0.05) is 19.6 Å². The fourth-order valence-electron chi connectivity index (χ4n) is 3.86. The maximum Gasteiger partial charge on any atom is 0.325 e. The molecule has 0 rings (SSSR count). The van der Waals surface area contributed by atoms with Gasteiger partial charge in [0.2, 0.25) is 12.2 Å². The highest BCUT2D eigenvalue weighted by molar-refractivity contribution is 5.93. The lowest BCUT2D eigenvalue weighted by atomic mass is 10.1. The number of urea groups is 2. The minimum absolute atomic E-state index is 0.363. The molecule has 0 aromatic carbocycles. The molecule has 11 heteroatoms. The molecule has 0 bridgehead atoms. The van der Waals surface area contributed by atoms with E-state index in [9.17, 15) is 19.2 Å². The molecule has 0 aliphatic heterocycles. The SMILES string of the molecule is N#COCCCCCCCCN(C(=O)NCCCCCCCCN=C=O)C(=O)NCCCCCCN=C=O. The van der Waals surface area contributed by atoms with Crippen LogP contribution >= 0.6 is 0 Å². The normalized spacial score (nSPS) is 9.97. The van der Waals surface area contributed by atoms with Crippen LogP contribution in [0, 0.1) is 11.5 Å². The molecule has 0 aliphatic rings. The molecule has 214 valence electrons. The van der Waals surface area contributed by atoms with E-state index in [1.54, 1.807) is 12.3 Å². The lowest BCUT2D eigenvalue weighted by molar-refractivity contribution is 0.184. The molecule has 0 aliphatic carbocycles. The van der Waals surface area contributed by atoms with E-state index in [2.05, 4.69) is 25.4 Å². The number of aliphatic imine (C=N–C) groups is 2. The molecular weight excluding hydrogens is 488 g/mol. The molecule has 38 heavy (non-hydrogen) atoms. The van der Waals surface area contributed by atoms with Crippen molar-refractivity contribution in [1.29, 1.82) is 5.26 Å². The number of hydrogen-bond acceptors (Lipinski definition) is 8.